The van der Waals surface area contributed by atoms with Crippen LogP contribution in [0.25, 0.3) is 0 Å². The number of aryl methyl sites for hydroxylation is 2. The summed E-state index contributed by atoms with van der Waals surface area (Å²) < 4.78 is 12.8. The van der Waals surface area contributed by atoms with E-state index in [1.807, 2.05) is 0 Å². The van der Waals surface area contributed by atoms with Gasteiger partial charge in [0.2, 0.25) is 0 Å². The summed E-state index contributed by atoms with van der Waals surface area (Å²) in [6.07, 6.45) is 1.60. The van der Waals surface area contributed by atoms with Crippen molar-refractivity contribution in [3.63, 3.8) is 0 Å². The molecule has 1 fully saturated rings. The topological polar surface area (TPSA) is 84.2 Å². The number of anilines is 1. The van der Waals surface area contributed by atoms with E-state index in [4.69, 9.17) is 0 Å². The quantitative estimate of drug-likeness (QED) is 0.847. The normalized spacial score (nSPS) is 23.9. The number of rotatable bonds is 3. The minimum atomic E-state index is -0.970. The summed E-state index contributed by atoms with van der Waals surface area (Å²) in [5.41, 5.74) is 0.732. The molecule has 2 N–H and O–H groups in total. The lowest BCUT2D eigenvalue weighted by atomic mass is 10.1. The molecule has 0 aromatic carbocycles. The molecule has 7 heteroatoms. The smallest absolute Gasteiger partial charge is 0.341 e. The molecule has 1 aliphatic rings. The second kappa shape index (κ2) is 5.09. The summed E-state index contributed by atoms with van der Waals surface area (Å²) in [4.78, 5) is 11.2. The highest BCUT2D eigenvalue weighted by Crippen LogP contribution is 2.22. The molecule has 1 saturated heterocycles. The molecule has 0 unspecified atom stereocenters. The van der Waals surface area contributed by atoms with Gasteiger partial charge in [0, 0.05) is 35.4 Å². The van der Waals surface area contributed by atoms with Crippen molar-refractivity contribution in [3.8, 4) is 0 Å². The average Bonchev–Trinajstić information content (AvgIpc) is 2.57. The van der Waals surface area contributed by atoms with Crippen molar-refractivity contribution < 1.29 is 14.1 Å². The largest absolute Gasteiger partial charge is 0.477 e. The Balaban J connectivity index is 2.18. The van der Waals surface area contributed by atoms with Crippen LogP contribution in [0.4, 0.5) is 5.82 Å². The third kappa shape index (κ3) is 2.55. The van der Waals surface area contributed by atoms with Gasteiger partial charge in [-0.05, 0) is 19.8 Å². The Hall–Kier alpha value is -1.37. The maximum atomic E-state index is 11.3. The van der Waals surface area contributed by atoms with E-state index < -0.39 is 16.8 Å². The van der Waals surface area contributed by atoms with E-state index >= 15 is 0 Å². The molecule has 0 saturated carbocycles. The van der Waals surface area contributed by atoms with Gasteiger partial charge >= 0.3 is 5.97 Å². The van der Waals surface area contributed by atoms with Crippen molar-refractivity contribution in [3.05, 3.63) is 11.3 Å². The van der Waals surface area contributed by atoms with Gasteiger partial charge in [-0.3, -0.25) is 8.89 Å². The van der Waals surface area contributed by atoms with E-state index in [9.17, 15) is 14.1 Å². The van der Waals surface area contributed by atoms with Gasteiger partial charge in [0.05, 0.1) is 5.69 Å². The first-order chi connectivity index (χ1) is 8.49. The Morgan fingerprint density at radius 1 is 1.50 bits per heavy atom. The van der Waals surface area contributed by atoms with Gasteiger partial charge in [-0.2, -0.15) is 5.10 Å². The zero-order valence-electron chi connectivity index (χ0n) is 10.5. The summed E-state index contributed by atoms with van der Waals surface area (Å²) in [6.45, 7) is 1.69. The van der Waals surface area contributed by atoms with Gasteiger partial charge in [0.15, 0.2) is 0 Å². The lowest BCUT2D eigenvalue weighted by Crippen LogP contribution is -2.30. The molecule has 1 aromatic heterocycles. The number of carboxylic acids is 1. The zero-order chi connectivity index (χ0) is 13.3. The number of nitrogens with one attached hydrogen (secondary N) is 1. The van der Waals surface area contributed by atoms with Crippen LogP contribution < -0.4 is 5.32 Å². The Bertz CT molecular complexity index is 488. The maximum absolute atomic E-state index is 11.3. The van der Waals surface area contributed by atoms with Crippen LogP contribution in [0.15, 0.2) is 0 Å². The fourth-order valence-electron chi connectivity index (χ4n) is 2.21. The van der Waals surface area contributed by atoms with Gasteiger partial charge in [-0.1, -0.05) is 0 Å². The highest BCUT2D eigenvalue weighted by Gasteiger charge is 2.24. The summed E-state index contributed by atoms with van der Waals surface area (Å²) in [6, 6.07) is 0.176. The lowest BCUT2D eigenvalue weighted by Gasteiger charge is -2.23. The van der Waals surface area contributed by atoms with E-state index in [-0.39, 0.29) is 11.6 Å². The number of carbonyl (C=O) groups is 1. The Kier molecular flexibility index (Phi) is 3.70. The van der Waals surface area contributed by atoms with Crippen LogP contribution in [0.2, 0.25) is 0 Å². The Morgan fingerprint density at radius 3 is 2.67 bits per heavy atom. The molecule has 100 valence electrons. The minimum absolute atomic E-state index is 0.176. The molecule has 2 heterocycles. The van der Waals surface area contributed by atoms with E-state index in [0.717, 1.165) is 12.8 Å². The fourth-order valence-corrected chi connectivity index (χ4v) is 3.51. The molecule has 0 spiro atoms. The Morgan fingerprint density at radius 2 is 2.11 bits per heavy atom. The monoisotopic (exact) mass is 271 g/mol. The summed E-state index contributed by atoms with van der Waals surface area (Å²) in [5.74, 6) is 0.925. The molecule has 1 aliphatic heterocycles. The van der Waals surface area contributed by atoms with Crippen LogP contribution in [0.5, 0.6) is 0 Å². The van der Waals surface area contributed by atoms with Crippen LogP contribution in [0.1, 0.15) is 28.9 Å². The number of aromatic carboxylic acids is 1. The molecule has 0 amide bonds. The van der Waals surface area contributed by atoms with Gasteiger partial charge in [-0.25, -0.2) is 4.79 Å². The predicted octanol–water partition coefficient (Wildman–Crippen LogP) is 0.750. The summed E-state index contributed by atoms with van der Waals surface area (Å²) in [7, 11) is 1.01. The van der Waals surface area contributed by atoms with Gasteiger partial charge < -0.3 is 10.4 Å². The molecule has 6 nitrogen and oxygen atoms in total. The van der Waals surface area contributed by atoms with E-state index in [1.54, 1.807) is 18.7 Å². The third-order valence-electron chi connectivity index (χ3n) is 3.16. The first-order valence-corrected chi connectivity index (χ1v) is 7.36. The standard InChI is InChI=1S/C11H17N3O3S/c1-7-9(11(15)16)10(14(2)13-7)12-8-3-5-18(17)6-4-8/h8,12H,3-6H2,1-2H3,(H,15,16). The number of hydrogen-bond donors (Lipinski definition) is 2. The number of nitrogens with zero attached hydrogens (tertiary/aromatic N) is 2. The zero-order valence-corrected chi connectivity index (χ0v) is 11.3. The number of carboxylic acid groups (broad SMARTS) is 1. The highest BCUT2D eigenvalue weighted by atomic mass is 32.2. The summed E-state index contributed by atoms with van der Waals surface area (Å²) >= 11 is 0. The fraction of sp³-hybridized carbons (Fsp3) is 0.636. The number of aromatic nitrogens is 2. The van der Waals surface area contributed by atoms with Crippen molar-refractivity contribution in [1.29, 1.82) is 0 Å². The van der Waals surface area contributed by atoms with Crippen LogP contribution in [0.3, 0.4) is 0 Å². The van der Waals surface area contributed by atoms with E-state index in [2.05, 4.69) is 10.4 Å². The molecular weight excluding hydrogens is 254 g/mol. The van der Waals surface area contributed by atoms with E-state index in [1.165, 1.54) is 0 Å². The minimum Gasteiger partial charge on any atom is -0.477 e. The second-order valence-corrected chi connectivity index (χ2v) is 6.20. The molecule has 0 bridgehead atoms. The predicted molar refractivity (Wildman–Crippen MR) is 69.4 cm³/mol. The second-order valence-electron chi connectivity index (χ2n) is 4.50. The van der Waals surface area contributed by atoms with Crippen LogP contribution in [-0.2, 0) is 17.8 Å². The van der Waals surface area contributed by atoms with Gasteiger partial charge in [0.1, 0.15) is 11.4 Å². The molecule has 0 radical (unpaired) electrons. The van der Waals surface area contributed by atoms with Crippen molar-refractivity contribution in [2.45, 2.75) is 25.8 Å². The molecular formula is C11H17N3O3S. The first-order valence-electron chi connectivity index (χ1n) is 5.87. The van der Waals surface area contributed by atoms with Gasteiger partial charge in [-0.15, -0.1) is 0 Å². The maximum Gasteiger partial charge on any atom is 0.341 e. The molecule has 0 aliphatic carbocycles. The van der Waals surface area contributed by atoms with Gasteiger partial charge in [0.25, 0.3) is 0 Å². The third-order valence-corrected chi connectivity index (χ3v) is 4.55. The first kappa shape index (κ1) is 13.1. The Labute approximate surface area is 108 Å². The van der Waals surface area contributed by atoms with Crippen molar-refractivity contribution in [2.75, 3.05) is 16.8 Å². The molecule has 18 heavy (non-hydrogen) atoms. The molecule has 1 aromatic rings. The van der Waals surface area contributed by atoms with Crippen molar-refractivity contribution in [1.82, 2.24) is 9.78 Å². The van der Waals surface area contributed by atoms with Crippen LogP contribution >= 0.6 is 0 Å². The SMILES string of the molecule is Cc1nn(C)c(NC2CCS(=O)CC2)c1C(=O)O. The molecule has 2 rings (SSSR count). The highest BCUT2D eigenvalue weighted by molar-refractivity contribution is 7.85. The van der Waals surface area contributed by atoms with Crippen molar-refractivity contribution in [2.24, 2.45) is 7.05 Å². The van der Waals surface area contributed by atoms with Crippen LogP contribution in [-0.4, -0.2) is 42.6 Å². The average molecular weight is 271 g/mol. The van der Waals surface area contributed by atoms with Crippen molar-refractivity contribution >= 4 is 22.6 Å². The lowest BCUT2D eigenvalue weighted by molar-refractivity contribution is 0.0697. The number of hydrogen-bond acceptors (Lipinski definition) is 4. The molecule has 0 atom stereocenters. The van der Waals surface area contributed by atoms with E-state index in [0.29, 0.717) is 23.0 Å². The summed E-state index contributed by atoms with van der Waals surface area (Å²) in [5, 5.41) is 16.5. The van der Waals surface area contributed by atoms with Crippen LogP contribution in [0, 0.1) is 6.92 Å².